The van der Waals surface area contributed by atoms with Crippen molar-refractivity contribution in [2.24, 2.45) is 0 Å². The smallest absolute Gasteiger partial charge is 0.321 e. The van der Waals surface area contributed by atoms with Gasteiger partial charge in [0, 0.05) is 30.8 Å². The lowest BCUT2D eigenvalue weighted by atomic mass is 10.1. The summed E-state index contributed by atoms with van der Waals surface area (Å²) in [5.74, 6) is 5.86. The number of anilines is 1. The second-order valence-corrected chi connectivity index (χ2v) is 4.41. The topological polar surface area (TPSA) is 52.6 Å². The largest absolute Gasteiger partial charge is 0.395 e. The Bertz CT molecular complexity index is 511. The van der Waals surface area contributed by atoms with E-state index in [0.717, 1.165) is 16.8 Å². The number of nitrogens with zero attached hydrogens (tertiary/aromatic N) is 1. The molecule has 2 amide bonds. The van der Waals surface area contributed by atoms with Gasteiger partial charge in [-0.25, -0.2) is 4.79 Å². The molecule has 1 rings (SSSR count). The number of nitrogens with one attached hydrogen (secondary N) is 1. The normalized spacial score (nSPS) is 9.60. The molecular formula is C16H22N2O2. The van der Waals surface area contributed by atoms with E-state index < -0.39 is 0 Å². The van der Waals surface area contributed by atoms with Gasteiger partial charge in [-0.15, -0.1) is 0 Å². The summed E-state index contributed by atoms with van der Waals surface area (Å²) < 4.78 is 0. The van der Waals surface area contributed by atoms with E-state index in [1.165, 1.54) is 0 Å². The van der Waals surface area contributed by atoms with Crippen LogP contribution in [0.4, 0.5) is 10.5 Å². The molecule has 108 valence electrons. The lowest BCUT2D eigenvalue weighted by Gasteiger charge is -2.20. The minimum absolute atomic E-state index is 0.0734. The van der Waals surface area contributed by atoms with Crippen molar-refractivity contribution in [2.45, 2.75) is 27.2 Å². The molecule has 20 heavy (non-hydrogen) atoms. The van der Waals surface area contributed by atoms with Crippen molar-refractivity contribution in [3.8, 4) is 11.8 Å². The molecule has 0 heterocycles. The molecular weight excluding hydrogens is 252 g/mol. The predicted octanol–water partition coefficient (Wildman–Crippen LogP) is 2.60. The van der Waals surface area contributed by atoms with Crippen LogP contribution in [0.3, 0.4) is 0 Å². The molecule has 0 aliphatic heterocycles. The first-order valence-corrected chi connectivity index (χ1v) is 6.88. The Balaban J connectivity index is 2.79. The number of amides is 2. The van der Waals surface area contributed by atoms with Gasteiger partial charge in [-0.1, -0.05) is 11.8 Å². The molecule has 0 unspecified atom stereocenters. The van der Waals surface area contributed by atoms with Crippen LogP contribution in [0.2, 0.25) is 0 Å². The molecule has 0 bridgehead atoms. The van der Waals surface area contributed by atoms with Gasteiger partial charge in [-0.2, -0.15) is 0 Å². The summed E-state index contributed by atoms with van der Waals surface area (Å²) in [4.78, 5) is 13.7. The average Bonchev–Trinajstić information content (AvgIpc) is 2.43. The Morgan fingerprint density at radius 1 is 1.35 bits per heavy atom. The summed E-state index contributed by atoms with van der Waals surface area (Å²) in [6.45, 7) is 7.29. The molecule has 2 N–H and O–H groups in total. The van der Waals surface area contributed by atoms with E-state index in [2.05, 4.69) is 17.2 Å². The number of hydrogen-bond acceptors (Lipinski definition) is 2. The highest BCUT2D eigenvalue weighted by Crippen LogP contribution is 2.16. The van der Waals surface area contributed by atoms with E-state index >= 15 is 0 Å². The summed E-state index contributed by atoms with van der Waals surface area (Å²) in [7, 11) is 0. The van der Waals surface area contributed by atoms with Crippen LogP contribution in [0.15, 0.2) is 18.2 Å². The minimum atomic E-state index is -0.0859. The number of carbonyl (C=O) groups excluding carboxylic acids is 1. The molecule has 0 aliphatic carbocycles. The number of aliphatic hydroxyl groups is 1. The molecule has 4 nitrogen and oxygen atoms in total. The molecule has 0 fully saturated rings. The standard InChI is InChI=1S/C16H22N2O2/c1-4-18(5-2)16(20)17-15-10-9-14(12-13(15)3)8-6-7-11-19/h9-10,12,19H,4-5,7,11H2,1-3H3,(H,17,20). The van der Waals surface area contributed by atoms with Crippen LogP contribution in [0.5, 0.6) is 0 Å². The molecule has 0 aromatic heterocycles. The third kappa shape index (κ3) is 4.60. The average molecular weight is 274 g/mol. The number of urea groups is 1. The number of aliphatic hydroxyl groups excluding tert-OH is 1. The van der Waals surface area contributed by atoms with Gasteiger partial charge in [0.15, 0.2) is 0 Å². The van der Waals surface area contributed by atoms with Crippen LogP contribution in [-0.4, -0.2) is 35.7 Å². The van der Waals surface area contributed by atoms with E-state index in [1.54, 1.807) is 4.90 Å². The first-order chi connectivity index (χ1) is 9.62. The van der Waals surface area contributed by atoms with Crippen molar-refractivity contribution in [1.29, 1.82) is 0 Å². The SMILES string of the molecule is CCN(CC)C(=O)Nc1ccc(C#CCCO)cc1C. The lowest BCUT2D eigenvalue weighted by molar-refractivity contribution is 0.217. The minimum Gasteiger partial charge on any atom is -0.395 e. The van der Waals surface area contributed by atoms with Gasteiger partial charge in [-0.05, 0) is 44.5 Å². The lowest BCUT2D eigenvalue weighted by Crippen LogP contribution is -2.34. The number of benzene rings is 1. The second kappa shape index (κ2) is 8.23. The van der Waals surface area contributed by atoms with E-state index in [9.17, 15) is 4.79 Å². The Kier molecular flexibility index (Phi) is 6.61. The quantitative estimate of drug-likeness (QED) is 0.829. The van der Waals surface area contributed by atoms with Crippen LogP contribution < -0.4 is 5.32 Å². The fraction of sp³-hybridized carbons (Fsp3) is 0.438. The summed E-state index contributed by atoms with van der Waals surface area (Å²) in [5.41, 5.74) is 2.66. The number of carbonyl (C=O) groups is 1. The van der Waals surface area contributed by atoms with Crippen molar-refractivity contribution >= 4 is 11.7 Å². The molecule has 0 saturated heterocycles. The summed E-state index contributed by atoms with van der Waals surface area (Å²) in [6.07, 6.45) is 0.472. The van der Waals surface area contributed by atoms with Crippen molar-refractivity contribution in [3.63, 3.8) is 0 Å². The number of rotatable bonds is 4. The van der Waals surface area contributed by atoms with Gasteiger partial charge >= 0.3 is 6.03 Å². The first kappa shape index (κ1) is 16.1. The molecule has 0 saturated carbocycles. The maximum absolute atomic E-state index is 12.0. The maximum atomic E-state index is 12.0. The Labute approximate surface area is 120 Å². The highest BCUT2D eigenvalue weighted by atomic mass is 16.2. The summed E-state index contributed by atoms with van der Waals surface area (Å²) in [5, 5.41) is 11.6. The van der Waals surface area contributed by atoms with Gasteiger partial charge in [-0.3, -0.25) is 0 Å². The molecule has 0 spiro atoms. The van der Waals surface area contributed by atoms with Crippen molar-refractivity contribution in [2.75, 3.05) is 25.0 Å². The molecule has 1 aromatic carbocycles. The highest BCUT2D eigenvalue weighted by molar-refractivity contribution is 5.90. The van der Waals surface area contributed by atoms with Gasteiger partial charge in [0.05, 0.1) is 6.61 Å². The van der Waals surface area contributed by atoms with Crippen LogP contribution in [-0.2, 0) is 0 Å². The van der Waals surface area contributed by atoms with E-state index in [4.69, 9.17) is 5.11 Å². The monoisotopic (exact) mass is 274 g/mol. The first-order valence-electron chi connectivity index (χ1n) is 6.88. The zero-order valence-electron chi connectivity index (χ0n) is 12.4. The Morgan fingerprint density at radius 3 is 2.60 bits per heavy atom. The predicted molar refractivity (Wildman–Crippen MR) is 81.7 cm³/mol. The molecule has 0 atom stereocenters. The van der Waals surface area contributed by atoms with Crippen LogP contribution in [0.25, 0.3) is 0 Å². The van der Waals surface area contributed by atoms with Crippen LogP contribution >= 0.6 is 0 Å². The number of hydrogen-bond donors (Lipinski definition) is 2. The maximum Gasteiger partial charge on any atom is 0.321 e. The van der Waals surface area contributed by atoms with Crippen LogP contribution in [0, 0.1) is 18.8 Å². The van der Waals surface area contributed by atoms with E-state index in [-0.39, 0.29) is 12.6 Å². The zero-order chi connectivity index (χ0) is 15.0. The fourth-order valence-corrected chi connectivity index (χ4v) is 1.81. The Morgan fingerprint density at radius 2 is 2.05 bits per heavy atom. The fourth-order valence-electron chi connectivity index (χ4n) is 1.81. The third-order valence-electron chi connectivity index (χ3n) is 2.99. The highest BCUT2D eigenvalue weighted by Gasteiger charge is 2.10. The Hall–Kier alpha value is -1.99. The second-order valence-electron chi connectivity index (χ2n) is 4.41. The van der Waals surface area contributed by atoms with E-state index in [0.29, 0.717) is 19.5 Å². The van der Waals surface area contributed by atoms with Crippen molar-refractivity contribution in [3.05, 3.63) is 29.3 Å². The summed E-state index contributed by atoms with van der Waals surface area (Å²) in [6, 6.07) is 5.58. The third-order valence-corrected chi connectivity index (χ3v) is 2.99. The molecule has 4 heteroatoms. The summed E-state index contributed by atoms with van der Waals surface area (Å²) >= 11 is 0. The molecule has 0 radical (unpaired) electrons. The van der Waals surface area contributed by atoms with Gasteiger partial charge in [0.2, 0.25) is 0 Å². The van der Waals surface area contributed by atoms with E-state index in [1.807, 2.05) is 39.0 Å². The number of aryl methyl sites for hydroxylation is 1. The van der Waals surface area contributed by atoms with Gasteiger partial charge in [0.1, 0.15) is 0 Å². The molecule has 0 aliphatic rings. The van der Waals surface area contributed by atoms with Crippen LogP contribution in [0.1, 0.15) is 31.4 Å². The van der Waals surface area contributed by atoms with Crippen molar-refractivity contribution in [1.82, 2.24) is 4.90 Å². The zero-order valence-corrected chi connectivity index (χ0v) is 12.4. The van der Waals surface area contributed by atoms with Gasteiger partial charge in [0.25, 0.3) is 0 Å². The molecule has 1 aromatic rings. The van der Waals surface area contributed by atoms with Crippen molar-refractivity contribution < 1.29 is 9.90 Å². The van der Waals surface area contributed by atoms with Gasteiger partial charge < -0.3 is 15.3 Å².